The van der Waals surface area contributed by atoms with Gasteiger partial charge < -0.3 is 5.32 Å². The number of hydrogen-bond acceptors (Lipinski definition) is 2. The maximum absolute atomic E-state index is 3.69. The molecule has 0 aromatic carbocycles. The van der Waals surface area contributed by atoms with Crippen LogP contribution < -0.4 is 5.32 Å². The van der Waals surface area contributed by atoms with Crippen molar-refractivity contribution in [3.63, 3.8) is 0 Å². The van der Waals surface area contributed by atoms with Crippen LogP contribution in [0.2, 0.25) is 0 Å². The van der Waals surface area contributed by atoms with E-state index in [9.17, 15) is 0 Å². The molecule has 4 fully saturated rings. The van der Waals surface area contributed by atoms with Crippen LogP contribution in [0.4, 0.5) is 0 Å². The van der Waals surface area contributed by atoms with Crippen LogP contribution in [0.25, 0.3) is 0 Å². The van der Waals surface area contributed by atoms with Gasteiger partial charge in [-0.2, -0.15) is 0 Å². The normalized spacial score (nSPS) is 40.2. The highest BCUT2D eigenvalue weighted by Gasteiger charge is 2.50. The molecule has 20 heavy (non-hydrogen) atoms. The lowest BCUT2D eigenvalue weighted by molar-refractivity contribution is -0.0510. The van der Waals surface area contributed by atoms with E-state index in [4.69, 9.17) is 0 Å². The first kappa shape index (κ1) is 13.3. The highest BCUT2D eigenvalue weighted by molar-refractivity contribution is 7.12. The lowest BCUT2D eigenvalue weighted by Gasteiger charge is -2.56. The summed E-state index contributed by atoms with van der Waals surface area (Å²) < 4.78 is 0. The standard InChI is InChI=1S/C18H27NS/c1-3-15-4-5-16(20-15)18(19-2)17-13-7-11-6-12(9-13)10-14(17)8-11/h4-5,11-14,17-19H,3,6-10H2,1-2H3. The smallest absolute Gasteiger partial charge is 0.0446 e. The molecule has 1 N–H and O–H groups in total. The minimum absolute atomic E-state index is 0.621. The second-order valence-electron chi connectivity index (χ2n) is 7.43. The van der Waals surface area contributed by atoms with Crippen LogP contribution in [-0.4, -0.2) is 7.05 Å². The van der Waals surface area contributed by atoms with Crippen molar-refractivity contribution in [3.8, 4) is 0 Å². The molecule has 4 saturated carbocycles. The summed E-state index contributed by atoms with van der Waals surface area (Å²) in [5.41, 5.74) is 0. The zero-order valence-corrected chi connectivity index (χ0v) is 13.6. The quantitative estimate of drug-likeness (QED) is 0.851. The van der Waals surface area contributed by atoms with Crippen molar-refractivity contribution in [3.05, 3.63) is 21.9 Å². The molecule has 2 heteroatoms. The van der Waals surface area contributed by atoms with Gasteiger partial charge in [0.1, 0.15) is 0 Å². The van der Waals surface area contributed by atoms with Gasteiger partial charge in [-0.05, 0) is 87.3 Å². The van der Waals surface area contributed by atoms with Crippen molar-refractivity contribution in [1.29, 1.82) is 0 Å². The Balaban J connectivity index is 1.61. The summed E-state index contributed by atoms with van der Waals surface area (Å²) in [5.74, 6) is 5.10. The third-order valence-corrected chi connectivity index (χ3v) is 7.65. The van der Waals surface area contributed by atoms with E-state index in [0.717, 1.165) is 29.6 Å². The molecule has 110 valence electrons. The molecule has 1 unspecified atom stereocenters. The van der Waals surface area contributed by atoms with Crippen molar-refractivity contribution < 1.29 is 0 Å². The Kier molecular flexibility index (Phi) is 3.42. The molecule has 4 aliphatic rings. The molecule has 1 aromatic rings. The summed E-state index contributed by atoms with van der Waals surface area (Å²) in [5, 5.41) is 3.69. The number of rotatable bonds is 4. The van der Waals surface area contributed by atoms with Gasteiger partial charge in [0, 0.05) is 15.8 Å². The number of aryl methyl sites for hydroxylation is 1. The van der Waals surface area contributed by atoms with Crippen molar-refractivity contribution in [2.75, 3.05) is 7.05 Å². The first-order chi connectivity index (χ1) is 9.78. The molecule has 0 radical (unpaired) electrons. The van der Waals surface area contributed by atoms with Gasteiger partial charge in [-0.1, -0.05) is 6.92 Å². The zero-order chi connectivity index (χ0) is 13.7. The van der Waals surface area contributed by atoms with Crippen LogP contribution in [-0.2, 0) is 6.42 Å². The molecule has 1 heterocycles. The van der Waals surface area contributed by atoms with Crippen LogP contribution >= 0.6 is 11.3 Å². The molecule has 4 bridgehead atoms. The van der Waals surface area contributed by atoms with E-state index in [-0.39, 0.29) is 0 Å². The molecule has 0 spiro atoms. The molecule has 1 nitrogen and oxygen atoms in total. The van der Waals surface area contributed by atoms with Gasteiger partial charge in [0.2, 0.25) is 0 Å². The molecule has 1 aromatic heterocycles. The number of thiophene rings is 1. The molecule has 5 rings (SSSR count). The fourth-order valence-corrected chi connectivity index (χ4v) is 6.91. The first-order valence-electron chi connectivity index (χ1n) is 8.54. The highest BCUT2D eigenvalue weighted by atomic mass is 32.1. The summed E-state index contributed by atoms with van der Waals surface area (Å²) in [4.78, 5) is 3.14. The minimum atomic E-state index is 0.621. The summed E-state index contributed by atoms with van der Waals surface area (Å²) in [6, 6.07) is 5.37. The first-order valence-corrected chi connectivity index (χ1v) is 9.36. The Morgan fingerprint density at radius 1 is 1.10 bits per heavy atom. The van der Waals surface area contributed by atoms with Crippen LogP contribution in [0.15, 0.2) is 12.1 Å². The third kappa shape index (κ3) is 2.07. The largest absolute Gasteiger partial charge is 0.312 e. The van der Waals surface area contributed by atoms with E-state index in [0.29, 0.717) is 6.04 Å². The fraction of sp³-hybridized carbons (Fsp3) is 0.778. The Morgan fingerprint density at radius 2 is 1.75 bits per heavy atom. The predicted octanol–water partition coefficient (Wildman–Crippen LogP) is 4.64. The Bertz CT molecular complexity index is 450. The van der Waals surface area contributed by atoms with Crippen molar-refractivity contribution in [2.24, 2.45) is 29.6 Å². The second-order valence-corrected chi connectivity index (χ2v) is 8.63. The van der Waals surface area contributed by atoms with Gasteiger partial charge in [-0.15, -0.1) is 11.3 Å². The van der Waals surface area contributed by atoms with Crippen molar-refractivity contribution in [1.82, 2.24) is 5.32 Å². The molecule has 1 atom stereocenters. The van der Waals surface area contributed by atoms with Gasteiger partial charge >= 0.3 is 0 Å². The monoisotopic (exact) mass is 289 g/mol. The summed E-state index contributed by atoms with van der Waals surface area (Å²) in [6.45, 7) is 2.27. The lowest BCUT2D eigenvalue weighted by Crippen LogP contribution is -2.49. The fourth-order valence-electron chi connectivity index (χ4n) is 5.79. The summed E-state index contributed by atoms with van der Waals surface area (Å²) >= 11 is 2.05. The van der Waals surface area contributed by atoms with Gasteiger partial charge in [0.25, 0.3) is 0 Å². The topological polar surface area (TPSA) is 12.0 Å². The zero-order valence-electron chi connectivity index (χ0n) is 12.8. The predicted molar refractivity (Wildman–Crippen MR) is 86.0 cm³/mol. The van der Waals surface area contributed by atoms with Crippen LogP contribution in [0.5, 0.6) is 0 Å². The summed E-state index contributed by atoms with van der Waals surface area (Å²) in [6.07, 6.45) is 8.86. The van der Waals surface area contributed by atoms with Crippen LogP contribution in [0, 0.1) is 29.6 Å². The summed E-state index contributed by atoms with van der Waals surface area (Å²) in [7, 11) is 2.18. The van der Waals surface area contributed by atoms with E-state index < -0.39 is 0 Å². The average molecular weight is 289 g/mol. The van der Waals surface area contributed by atoms with Gasteiger partial charge in [-0.25, -0.2) is 0 Å². The molecular formula is C18H27NS. The van der Waals surface area contributed by atoms with E-state index in [1.54, 1.807) is 16.2 Å². The average Bonchev–Trinajstić information content (AvgIpc) is 2.90. The van der Waals surface area contributed by atoms with E-state index in [1.165, 1.54) is 32.1 Å². The maximum Gasteiger partial charge on any atom is 0.0446 e. The minimum Gasteiger partial charge on any atom is -0.312 e. The SMILES string of the molecule is CCc1ccc(C(NC)C2C3CC4CC(C3)CC2C4)s1. The number of nitrogens with one attached hydrogen (secondary N) is 1. The number of hydrogen-bond donors (Lipinski definition) is 1. The van der Waals surface area contributed by atoms with E-state index in [2.05, 4.69) is 31.4 Å². The van der Waals surface area contributed by atoms with E-state index >= 15 is 0 Å². The molecule has 4 aliphatic carbocycles. The Morgan fingerprint density at radius 3 is 2.25 bits per heavy atom. The molecule has 0 aliphatic heterocycles. The van der Waals surface area contributed by atoms with Crippen molar-refractivity contribution >= 4 is 11.3 Å². The van der Waals surface area contributed by atoms with E-state index in [1.807, 2.05) is 11.3 Å². The van der Waals surface area contributed by atoms with Crippen LogP contribution in [0.1, 0.15) is 54.8 Å². The van der Waals surface area contributed by atoms with Gasteiger partial charge in [-0.3, -0.25) is 0 Å². The Labute approximate surface area is 127 Å². The second kappa shape index (κ2) is 5.14. The van der Waals surface area contributed by atoms with Crippen molar-refractivity contribution in [2.45, 2.75) is 51.5 Å². The van der Waals surface area contributed by atoms with Gasteiger partial charge in [0.15, 0.2) is 0 Å². The lowest BCUT2D eigenvalue weighted by atomic mass is 9.50. The molecule has 0 amide bonds. The molecular weight excluding hydrogens is 262 g/mol. The Hall–Kier alpha value is -0.340. The van der Waals surface area contributed by atoms with Crippen LogP contribution in [0.3, 0.4) is 0 Å². The molecule has 0 saturated heterocycles. The highest BCUT2D eigenvalue weighted by Crippen LogP contribution is 2.59. The van der Waals surface area contributed by atoms with Gasteiger partial charge in [0.05, 0.1) is 0 Å². The maximum atomic E-state index is 3.69. The third-order valence-electron chi connectivity index (χ3n) is 6.33.